The normalized spacial score (nSPS) is 23.0. The summed E-state index contributed by atoms with van der Waals surface area (Å²) < 4.78 is 28.4. The fourth-order valence-electron chi connectivity index (χ4n) is 3.46. The van der Waals surface area contributed by atoms with Crippen molar-refractivity contribution in [2.24, 2.45) is 5.92 Å². The number of hydrogen-bond donors (Lipinski definition) is 0. The van der Waals surface area contributed by atoms with E-state index < -0.39 is 10.1 Å². The number of benzene rings is 1. The van der Waals surface area contributed by atoms with Crippen LogP contribution in [0.25, 0.3) is 0 Å². The van der Waals surface area contributed by atoms with Gasteiger partial charge in [0.1, 0.15) is 0 Å². The molecule has 1 saturated carbocycles. The van der Waals surface area contributed by atoms with Gasteiger partial charge in [-0.1, -0.05) is 24.3 Å². The van der Waals surface area contributed by atoms with Crippen LogP contribution in [0.1, 0.15) is 56.1 Å². The van der Waals surface area contributed by atoms with Crippen molar-refractivity contribution in [3.63, 3.8) is 0 Å². The smallest absolute Gasteiger partial charge is 0.264 e. The number of allylic oxidation sites excluding steroid dienone is 1. The zero-order valence-electron chi connectivity index (χ0n) is 14.3. The van der Waals surface area contributed by atoms with Crippen LogP contribution in [0.3, 0.4) is 0 Å². The van der Waals surface area contributed by atoms with Gasteiger partial charge >= 0.3 is 0 Å². The van der Waals surface area contributed by atoms with Gasteiger partial charge in [-0.2, -0.15) is 13.7 Å². The van der Waals surface area contributed by atoms with Crippen molar-refractivity contribution in [1.82, 2.24) is 0 Å². The van der Waals surface area contributed by atoms with Crippen molar-refractivity contribution in [1.29, 1.82) is 5.26 Å². The highest BCUT2D eigenvalue weighted by Gasteiger charge is 2.30. The van der Waals surface area contributed by atoms with Crippen molar-refractivity contribution in [2.45, 2.75) is 51.0 Å². The molecule has 1 aromatic carbocycles. The lowest BCUT2D eigenvalue weighted by Crippen LogP contribution is -2.29. The van der Waals surface area contributed by atoms with Crippen molar-refractivity contribution >= 4 is 10.1 Å². The molecule has 4 nitrogen and oxygen atoms in total. The van der Waals surface area contributed by atoms with Gasteiger partial charge in [0.15, 0.2) is 0 Å². The van der Waals surface area contributed by atoms with E-state index in [0.717, 1.165) is 31.9 Å². The summed E-state index contributed by atoms with van der Waals surface area (Å²) >= 11 is 0. The Labute approximate surface area is 145 Å². The summed E-state index contributed by atoms with van der Waals surface area (Å²) in [5.74, 6) is 0.750. The maximum Gasteiger partial charge on any atom is 0.264 e. The minimum atomic E-state index is -3.44. The Kier molecular flexibility index (Phi) is 6.59. The molecule has 0 amide bonds. The van der Waals surface area contributed by atoms with Crippen molar-refractivity contribution in [2.75, 3.05) is 6.26 Å². The Morgan fingerprint density at radius 1 is 1.25 bits per heavy atom. The molecule has 0 aliphatic heterocycles. The van der Waals surface area contributed by atoms with Crippen LogP contribution < -0.4 is 0 Å². The number of nitrogens with zero attached hydrogens (tertiary/aromatic N) is 1. The van der Waals surface area contributed by atoms with Crippen molar-refractivity contribution < 1.29 is 12.6 Å². The summed E-state index contributed by atoms with van der Waals surface area (Å²) in [6, 6.07) is 9.94. The molecule has 0 bridgehead atoms. The van der Waals surface area contributed by atoms with Crippen LogP contribution in [0.4, 0.5) is 0 Å². The van der Waals surface area contributed by atoms with E-state index in [-0.39, 0.29) is 12.0 Å². The Bertz CT molecular complexity index is 693. The molecule has 24 heavy (non-hydrogen) atoms. The van der Waals surface area contributed by atoms with E-state index in [1.807, 2.05) is 43.3 Å². The molecule has 0 aromatic heterocycles. The lowest BCUT2D eigenvalue weighted by atomic mass is 9.76. The highest BCUT2D eigenvalue weighted by molar-refractivity contribution is 7.86. The number of hydrogen-bond acceptors (Lipinski definition) is 4. The van der Waals surface area contributed by atoms with E-state index in [4.69, 9.17) is 9.44 Å². The molecule has 0 spiro atoms. The molecular formula is C19H25NO3S. The fraction of sp³-hybridized carbons (Fsp3) is 0.526. The third kappa shape index (κ3) is 5.47. The largest absolute Gasteiger partial charge is 0.266 e. The summed E-state index contributed by atoms with van der Waals surface area (Å²) in [6.45, 7) is 1.93. The van der Waals surface area contributed by atoms with Crippen LogP contribution >= 0.6 is 0 Å². The van der Waals surface area contributed by atoms with Gasteiger partial charge in [-0.05, 0) is 68.6 Å². The van der Waals surface area contributed by atoms with Gasteiger partial charge < -0.3 is 0 Å². The first-order valence-electron chi connectivity index (χ1n) is 8.42. The van der Waals surface area contributed by atoms with Crippen LogP contribution in [0.15, 0.2) is 36.4 Å². The van der Waals surface area contributed by atoms with Gasteiger partial charge in [0.2, 0.25) is 0 Å². The monoisotopic (exact) mass is 347 g/mol. The molecule has 0 radical (unpaired) electrons. The molecule has 1 fully saturated rings. The zero-order chi connectivity index (χ0) is 17.6. The van der Waals surface area contributed by atoms with Crippen molar-refractivity contribution in [3.05, 3.63) is 47.5 Å². The van der Waals surface area contributed by atoms with Crippen molar-refractivity contribution in [3.8, 4) is 6.07 Å². The van der Waals surface area contributed by atoms with E-state index in [1.165, 1.54) is 5.56 Å². The Hall–Kier alpha value is -1.64. The van der Waals surface area contributed by atoms with Crippen LogP contribution in [0, 0.1) is 17.2 Å². The quantitative estimate of drug-likeness (QED) is 0.573. The third-order valence-corrected chi connectivity index (χ3v) is 5.31. The van der Waals surface area contributed by atoms with E-state index in [1.54, 1.807) is 0 Å². The maximum absolute atomic E-state index is 11.5. The number of rotatable bonds is 6. The van der Waals surface area contributed by atoms with Gasteiger partial charge in [0, 0.05) is 0 Å². The Balaban J connectivity index is 1.99. The molecule has 1 aromatic rings. The second kappa shape index (κ2) is 8.46. The predicted molar refractivity (Wildman–Crippen MR) is 95.0 cm³/mol. The molecule has 0 N–H and O–H groups in total. The molecule has 130 valence electrons. The lowest BCUT2D eigenvalue weighted by Gasteiger charge is -2.33. The average molecular weight is 347 g/mol. The van der Waals surface area contributed by atoms with Gasteiger partial charge in [0.25, 0.3) is 10.1 Å². The molecule has 0 saturated heterocycles. The van der Waals surface area contributed by atoms with Crippen LogP contribution in [0.2, 0.25) is 0 Å². The minimum Gasteiger partial charge on any atom is -0.266 e. The molecule has 5 heteroatoms. The van der Waals surface area contributed by atoms with E-state index in [9.17, 15) is 8.42 Å². The lowest BCUT2D eigenvalue weighted by molar-refractivity contribution is 0.112. The summed E-state index contributed by atoms with van der Waals surface area (Å²) in [5, 5.41) is 8.88. The highest BCUT2D eigenvalue weighted by Crippen LogP contribution is 2.38. The first-order valence-corrected chi connectivity index (χ1v) is 10.2. The second-order valence-electron chi connectivity index (χ2n) is 6.49. The Morgan fingerprint density at radius 3 is 2.38 bits per heavy atom. The maximum atomic E-state index is 11.5. The molecule has 0 heterocycles. The topological polar surface area (TPSA) is 67.2 Å². The van der Waals surface area contributed by atoms with E-state index in [2.05, 4.69) is 6.07 Å². The van der Waals surface area contributed by atoms with Gasteiger partial charge in [0.05, 0.1) is 24.0 Å². The van der Waals surface area contributed by atoms with Crippen LogP contribution in [-0.2, 0) is 14.3 Å². The molecule has 1 aliphatic carbocycles. The van der Waals surface area contributed by atoms with E-state index in [0.29, 0.717) is 17.9 Å². The van der Waals surface area contributed by atoms with Gasteiger partial charge in [-0.15, -0.1) is 0 Å². The molecule has 1 atom stereocenters. The summed E-state index contributed by atoms with van der Waals surface area (Å²) in [6.07, 6.45) is 9.37. The Morgan fingerprint density at radius 2 is 1.88 bits per heavy atom. The fourth-order valence-corrected chi connectivity index (χ4v) is 4.14. The summed E-state index contributed by atoms with van der Waals surface area (Å²) in [5.41, 5.74) is 1.95. The van der Waals surface area contributed by atoms with Crippen LogP contribution in [-0.4, -0.2) is 20.8 Å². The first-order chi connectivity index (χ1) is 11.4. The predicted octanol–water partition coefficient (Wildman–Crippen LogP) is 4.14. The summed E-state index contributed by atoms with van der Waals surface area (Å²) in [7, 11) is -3.44. The molecule has 2 rings (SSSR count). The molecular weight excluding hydrogens is 322 g/mol. The van der Waals surface area contributed by atoms with Gasteiger partial charge in [-0.3, -0.25) is 4.18 Å². The first kappa shape index (κ1) is 18.7. The highest BCUT2D eigenvalue weighted by atomic mass is 32.2. The number of nitriles is 1. The average Bonchev–Trinajstić information content (AvgIpc) is 2.58. The minimum absolute atomic E-state index is 0.266. The van der Waals surface area contributed by atoms with Gasteiger partial charge in [-0.25, -0.2) is 0 Å². The molecule has 1 unspecified atom stereocenters. The third-order valence-electron chi connectivity index (χ3n) is 4.71. The summed E-state index contributed by atoms with van der Waals surface area (Å²) in [4.78, 5) is 0. The standard InChI is InChI=1S/C19H25NO3S/c1-3-4-5-19(23-24(2,21)22)18-12-10-17(11-13-18)16-8-6-15(14-20)7-9-16/h3-4,6-9,17-19H,5,10-13H2,1-2H3. The molecule has 1 aliphatic rings. The SMILES string of the molecule is CC=CCC(OS(C)(=O)=O)C1CCC(c2ccc(C#N)cc2)CC1. The van der Waals surface area contributed by atoms with E-state index >= 15 is 0 Å². The second-order valence-corrected chi connectivity index (χ2v) is 8.09. The van der Waals surface area contributed by atoms with Crippen LogP contribution in [0.5, 0.6) is 0 Å². The zero-order valence-corrected chi connectivity index (χ0v) is 15.1.